The number of nitrogens with zero attached hydrogens (tertiary/aromatic N) is 3. The SMILES string of the molecule is Cc1cc([C@H]2[C@H](c3ccccn3)NC(=S)N2c2ccc(OC3CCCC3)cc2)c(C)n1-c1cccc(Cl)c1. The summed E-state index contributed by atoms with van der Waals surface area (Å²) in [5, 5.41) is 4.98. The number of rotatable bonds is 6. The van der Waals surface area contributed by atoms with Gasteiger partial charge in [0.2, 0.25) is 0 Å². The lowest BCUT2D eigenvalue weighted by molar-refractivity contribution is 0.210. The average Bonchev–Trinajstić information content (AvgIpc) is 3.63. The van der Waals surface area contributed by atoms with Crippen LogP contribution in [-0.2, 0) is 0 Å². The molecule has 38 heavy (non-hydrogen) atoms. The normalized spacial score (nSPS) is 19.7. The number of hydrogen-bond donors (Lipinski definition) is 1. The van der Waals surface area contributed by atoms with Gasteiger partial charge in [0.15, 0.2) is 5.11 Å². The number of benzene rings is 2. The zero-order valence-electron chi connectivity index (χ0n) is 21.6. The highest BCUT2D eigenvalue weighted by Crippen LogP contribution is 2.44. The van der Waals surface area contributed by atoms with Crippen LogP contribution >= 0.6 is 23.8 Å². The second-order valence-electron chi connectivity index (χ2n) is 10.2. The molecule has 2 aromatic heterocycles. The molecule has 1 aliphatic heterocycles. The van der Waals surface area contributed by atoms with Crippen molar-refractivity contribution in [3.63, 3.8) is 0 Å². The summed E-state index contributed by atoms with van der Waals surface area (Å²) in [5.41, 5.74) is 6.50. The Balaban J connectivity index is 1.41. The van der Waals surface area contributed by atoms with Crippen LogP contribution in [0.3, 0.4) is 0 Å². The average molecular weight is 543 g/mol. The van der Waals surface area contributed by atoms with Crippen LogP contribution in [0, 0.1) is 13.8 Å². The smallest absolute Gasteiger partial charge is 0.174 e. The van der Waals surface area contributed by atoms with Crippen molar-refractivity contribution in [2.75, 3.05) is 4.90 Å². The molecule has 1 saturated heterocycles. The topological polar surface area (TPSA) is 42.3 Å². The van der Waals surface area contributed by atoms with E-state index in [1.807, 2.05) is 36.5 Å². The van der Waals surface area contributed by atoms with Crippen LogP contribution in [0.15, 0.2) is 79.0 Å². The Kier molecular flexibility index (Phi) is 6.85. The lowest BCUT2D eigenvalue weighted by Crippen LogP contribution is -2.29. The summed E-state index contributed by atoms with van der Waals surface area (Å²) in [7, 11) is 0. The first-order chi connectivity index (χ1) is 18.5. The highest BCUT2D eigenvalue weighted by atomic mass is 35.5. The van der Waals surface area contributed by atoms with Gasteiger partial charge >= 0.3 is 0 Å². The molecular weight excluding hydrogens is 512 g/mol. The Morgan fingerprint density at radius 3 is 2.45 bits per heavy atom. The van der Waals surface area contributed by atoms with Gasteiger partial charge in [-0.2, -0.15) is 0 Å². The molecule has 194 valence electrons. The van der Waals surface area contributed by atoms with E-state index < -0.39 is 0 Å². The largest absolute Gasteiger partial charge is 0.490 e. The molecule has 1 aliphatic carbocycles. The van der Waals surface area contributed by atoms with Gasteiger partial charge in [0.1, 0.15) is 5.75 Å². The Morgan fingerprint density at radius 2 is 1.74 bits per heavy atom. The van der Waals surface area contributed by atoms with Crippen LogP contribution in [0.2, 0.25) is 5.02 Å². The lowest BCUT2D eigenvalue weighted by Gasteiger charge is -2.28. The number of pyridine rings is 1. The molecule has 3 heterocycles. The maximum absolute atomic E-state index is 6.36. The summed E-state index contributed by atoms with van der Waals surface area (Å²) in [5.74, 6) is 0.913. The monoisotopic (exact) mass is 542 g/mol. The van der Waals surface area contributed by atoms with Crippen molar-refractivity contribution < 1.29 is 4.74 Å². The van der Waals surface area contributed by atoms with Crippen LogP contribution in [0.5, 0.6) is 5.75 Å². The van der Waals surface area contributed by atoms with E-state index in [-0.39, 0.29) is 12.1 Å². The highest BCUT2D eigenvalue weighted by molar-refractivity contribution is 7.80. The minimum Gasteiger partial charge on any atom is -0.490 e. The summed E-state index contributed by atoms with van der Waals surface area (Å²) in [6, 6.07) is 24.4. The van der Waals surface area contributed by atoms with E-state index in [1.54, 1.807) is 0 Å². The predicted octanol–water partition coefficient (Wildman–Crippen LogP) is 7.64. The van der Waals surface area contributed by atoms with Crippen LogP contribution in [0.4, 0.5) is 5.69 Å². The van der Waals surface area contributed by atoms with E-state index in [4.69, 9.17) is 33.5 Å². The Morgan fingerprint density at radius 1 is 0.947 bits per heavy atom. The third-order valence-corrected chi connectivity index (χ3v) is 8.22. The van der Waals surface area contributed by atoms with E-state index in [1.165, 1.54) is 18.4 Å². The first-order valence-corrected chi connectivity index (χ1v) is 14.0. The fourth-order valence-corrected chi connectivity index (χ4v) is 6.46. The molecule has 0 amide bonds. The first kappa shape index (κ1) is 25.0. The minimum absolute atomic E-state index is 0.0851. The lowest BCUT2D eigenvalue weighted by atomic mass is 9.96. The summed E-state index contributed by atoms with van der Waals surface area (Å²) in [4.78, 5) is 6.93. The van der Waals surface area contributed by atoms with Gasteiger partial charge in [0.25, 0.3) is 0 Å². The number of thiocarbonyl (C=S) groups is 1. The molecule has 2 aliphatic rings. The van der Waals surface area contributed by atoms with Gasteiger partial charge in [-0.15, -0.1) is 0 Å². The summed E-state index contributed by atoms with van der Waals surface area (Å²) in [6.45, 7) is 4.30. The van der Waals surface area contributed by atoms with Gasteiger partial charge in [-0.1, -0.05) is 23.7 Å². The number of aryl methyl sites for hydroxylation is 1. The standard InChI is InChI=1S/C31H31ClN4OS/c1-20-18-27(21(2)35(20)24-9-7-8-22(32)19-24)30-29(28-12-5-6-17-33-28)34-31(38)36(30)23-13-15-26(16-14-23)37-25-10-3-4-11-25/h5-9,12-19,25,29-30H,3-4,10-11H2,1-2H3,(H,34,38)/t29-,30-/m0/s1. The van der Waals surface area contributed by atoms with Gasteiger partial charge in [0.05, 0.1) is 23.9 Å². The number of nitrogens with one attached hydrogen (secondary N) is 1. The number of anilines is 1. The summed E-state index contributed by atoms with van der Waals surface area (Å²) in [6.07, 6.45) is 6.94. The van der Waals surface area contributed by atoms with Crippen LogP contribution in [0.1, 0.15) is 60.4 Å². The van der Waals surface area contributed by atoms with Crippen molar-refractivity contribution in [2.24, 2.45) is 0 Å². The molecular formula is C31H31ClN4OS. The molecule has 6 rings (SSSR count). The van der Waals surface area contributed by atoms with E-state index in [0.717, 1.165) is 47.0 Å². The van der Waals surface area contributed by atoms with Crippen molar-refractivity contribution >= 4 is 34.6 Å². The molecule has 1 saturated carbocycles. The van der Waals surface area contributed by atoms with Crippen LogP contribution in [0.25, 0.3) is 5.69 Å². The van der Waals surface area contributed by atoms with Gasteiger partial charge in [0, 0.05) is 34.0 Å². The number of aromatic nitrogens is 2. The van der Waals surface area contributed by atoms with Gasteiger partial charge in [-0.25, -0.2) is 0 Å². The van der Waals surface area contributed by atoms with E-state index in [2.05, 4.69) is 71.1 Å². The van der Waals surface area contributed by atoms with Crippen LogP contribution in [-0.4, -0.2) is 20.8 Å². The van der Waals surface area contributed by atoms with Gasteiger partial charge in [-0.3, -0.25) is 4.98 Å². The molecule has 0 unspecified atom stereocenters. The van der Waals surface area contributed by atoms with E-state index in [0.29, 0.717) is 16.2 Å². The highest BCUT2D eigenvalue weighted by Gasteiger charge is 2.42. The second-order valence-corrected chi connectivity index (χ2v) is 11.0. The summed E-state index contributed by atoms with van der Waals surface area (Å²) < 4.78 is 8.49. The van der Waals surface area contributed by atoms with Crippen molar-refractivity contribution in [3.8, 4) is 11.4 Å². The molecule has 4 aromatic rings. The molecule has 2 atom stereocenters. The molecule has 0 spiro atoms. The predicted molar refractivity (Wildman–Crippen MR) is 158 cm³/mol. The molecule has 2 fully saturated rings. The Labute approximate surface area is 234 Å². The number of halogens is 1. The minimum atomic E-state index is -0.105. The Hall–Kier alpha value is -3.35. The first-order valence-electron chi connectivity index (χ1n) is 13.2. The number of hydrogen-bond acceptors (Lipinski definition) is 3. The zero-order chi connectivity index (χ0) is 26.2. The van der Waals surface area contributed by atoms with Gasteiger partial charge in [-0.05, 0) is 118 Å². The molecule has 0 radical (unpaired) electrons. The molecule has 0 bridgehead atoms. The molecule has 5 nitrogen and oxygen atoms in total. The quantitative estimate of drug-likeness (QED) is 0.253. The van der Waals surface area contributed by atoms with Crippen molar-refractivity contribution in [1.29, 1.82) is 0 Å². The summed E-state index contributed by atoms with van der Waals surface area (Å²) >= 11 is 12.3. The van der Waals surface area contributed by atoms with E-state index >= 15 is 0 Å². The van der Waals surface area contributed by atoms with Gasteiger partial charge < -0.3 is 19.5 Å². The van der Waals surface area contributed by atoms with Crippen LogP contribution < -0.4 is 15.0 Å². The maximum Gasteiger partial charge on any atom is 0.174 e. The van der Waals surface area contributed by atoms with Crippen molar-refractivity contribution in [3.05, 3.63) is 107 Å². The fraction of sp³-hybridized carbons (Fsp3) is 0.290. The molecule has 7 heteroatoms. The maximum atomic E-state index is 6.36. The molecule has 1 N–H and O–H groups in total. The van der Waals surface area contributed by atoms with Crippen molar-refractivity contribution in [1.82, 2.24) is 14.9 Å². The Bertz CT molecular complexity index is 1450. The zero-order valence-corrected chi connectivity index (χ0v) is 23.2. The fourth-order valence-electron chi connectivity index (χ4n) is 5.93. The third kappa shape index (κ3) is 4.67. The second kappa shape index (κ2) is 10.4. The third-order valence-electron chi connectivity index (χ3n) is 7.67. The van der Waals surface area contributed by atoms with E-state index in [9.17, 15) is 0 Å². The van der Waals surface area contributed by atoms with Crippen molar-refractivity contribution in [2.45, 2.75) is 57.7 Å². The molecule has 2 aromatic carbocycles. The number of ether oxygens (including phenoxy) is 1.